The maximum Gasteiger partial charge on any atom is 0.0406 e. The first-order chi connectivity index (χ1) is 6.71. The lowest BCUT2D eigenvalue weighted by molar-refractivity contribution is 0.339. The fourth-order valence-corrected chi connectivity index (χ4v) is 2.28. The zero-order chi connectivity index (χ0) is 10.0. The van der Waals surface area contributed by atoms with Crippen molar-refractivity contribution in [2.24, 2.45) is 0 Å². The number of hydrogen-bond donors (Lipinski definition) is 1. The number of rotatable bonds is 1. The van der Waals surface area contributed by atoms with Gasteiger partial charge < -0.3 is 5.32 Å². The van der Waals surface area contributed by atoms with Crippen molar-refractivity contribution in [3.63, 3.8) is 0 Å². The van der Waals surface area contributed by atoms with Crippen molar-refractivity contribution >= 4 is 11.6 Å². The summed E-state index contributed by atoms with van der Waals surface area (Å²) in [5, 5.41) is 4.28. The highest BCUT2D eigenvalue weighted by Crippen LogP contribution is 2.31. The molecule has 76 valence electrons. The van der Waals surface area contributed by atoms with E-state index < -0.39 is 0 Å². The largest absolute Gasteiger partial charge is 0.316 e. The molecule has 14 heavy (non-hydrogen) atoms. The third-order valence-electron chi connectivity index (χ3n) is 3.14. The monoisotopic (exact) mass is 209 g/mol. The summed E-state index contributed by atoms with van der Waals surface area (Å²) in [5.74, 6) is 0. The Morgan fingerprint density at radius 2 is 2.00 bits per heavy atom. The maximum atomic E-state index is 5.88. The van der Waals surface area contributed by atoms with Gasteiger partial charge in [-0.2, -0.15) is 0 Å². The second-order valence-electron chi connectivity index (χ2n) is 4.35. The van der Waals surface area contributed by atoms with Crippen LogP contribution >= 0.6 is 11.6 Å². The molecule has 0 bridgehead atoms. The zero-order valence-corrected chi connectivity index (χ0v) is 9.27. The highest BCUT2D eigenvalue weighted by atomic mass is 35.5. The standard InChI is InChI=1S/C12H16ClN/c1-12(7-2-8-14-9-12)10-3-5-11(13)6-4-10/h3-6,14H,2,7-9H2,1H3. The van der Waals surface area contributed by atoms with E-state index in [2.05, 4.69) is 24.4 Å². The van der Waals surface area contributed by atoms with E-state index in [1.807, 2.05) is 12.1 Å². The molecule has 0 radical (unpaired) electrons. The molecule has 1 unspecified atom stereocenters. The van der Waals surface area contributed by atoms with E-state index in [4.69, 9.17) is 11.6 Å². The van der Waals surface area contributed by atoms with Gasteiger partial charge in [-0.15, -0.1) is 0 Å². The first kappa shape index (κ1) is 10.0. The molecule has 2 rings (SSSR count). The first-order valence-electron chi connectivity index (χ1n) is 5.17. The normalized spacial score (nSPS) is 27.6. The van der Waals surface area contributed by atoms with Crippen molar-refractivity contribution in [1.29, 1.82) is 0 Å². The van der Waals surface area contributed by atoms with Crippen LogP contribution in [0.2, 0.25) is 5.02 Å². The van der Waals surface area contributed by atoms with E-state index in [9.17, 15) is 0 Å². The Morgan fingerprint density at radius 3 is 2.57 bits per heavy atom. The molecule has 1 aromatic rings. The Balaban J connectivity index is 2.23. The minimum Gasteiger partial charge on any atom is -0.316 e. The van der Waals surface area contributed by atoms with Crippen molar-refractivity contribution in [2.75, 3.05) is 13.1 Å². The Morgan fingerprint density at radius 1 is 1.29 bits per heavy atom. The molecule has 0 amide bonds. The fraction of sp³-hybridized carbons (Fsp3) is 0.500. The average molecular weight is 210 g/mol. The Bertz CT molecular complexity index is 299. The molecule has 1 saturated heterocycles. The summed E-state index contributed by atoms with van der Waals surface area (Å²) >= 11 is 5.88. The molecule has 1 aliphatic rings. The maximum absolute atomic E-state index is 5.88. The molecule has 0 spiro atoms. The number of halogens is 1. The average Bonchev–Trinajstić information content (AvgIpc) is 2.19. The van der Waals surface area contributed by atoms with E-state index in [1.165, 1.54) is 18.4 Å². The van der Waals surface area contributed by atoms with Crippen LogP contribution in [0.15, 0.2) is 24.3 Å². The van der Waals surface area contributed by atoms with Crippen molar-refractivity contribution in [2.45, 2.75) is 25.2 Å². The van der Waals surface area contributed by atoms with Crippen LogP contribution in [0.25, 0.3) is 0 Å². The van der Waals surface area contributed by atoms with E-state index in [-0.39, 0.29) is 0 Å². The van der Waals surface area contributed by atoms with Gasteiger partial charge in [0.15, 0.2) is 0 Å². The third-order valence-corrected chi connectivity index (χ3v) is 3.39. The van der Waals surface area contributed by atoms with Crippen LogP contribution in [-0.4, -0.2) is 13.1 Å². The van der Waals surface area contributed by atoms with Gasteiger partial charge in [-0.1, -0.05) is 30.7 Å². The Labute approximate surface area is 90.5 Å². The van der Waals surface area contributed by atoms with Gasteiger partial charge in [0.25, 0.3) is 0 Å². The van der Waals surface area contributed by atoms with Crippen LogP contribution in [0.5, 0.6) is 0 Å². The summed E-state index contributed by atoms with van der Waals surface area (Å²) in [5.41, 5.74) is 1.69. The molecule has 0 aliphatic carbocycles. The van der Waals surface area contributed by atoms with Crippen LogP contribution in [0.1, 0.15) is 25.3 Å². The molecule has 1 heterocycles. The molecule has 1 aromatic carbocycles. The lowest BCUT2D eigenvalue weighted by Crippen LogP contribution is -2.41. The third kappa shape index (κ3) is 1.94. The molecule has 0 saturated carbocycles. The molecule has 1 fully saturated rings. The molecular weight excluding hydrogens is 194 g/mol. The van der Waals surface area contributed by atoms with Crippen molar-refractivity contribution in [1.82, 2.24) is 5.32 Å². The van der Waals surface area contributed by atoms with Gasteiger partial charge in [-0.3, -0.25) is 0 Å². The zero-order valence-electron chi connectivity index (χ0n) is 8.52. The second-order valence-corrected chi connectivity index (χ2v) is 4.78. The number of benzene rings is 1. The highest BCUT2D eigenvalue weighted by Gasteiger charge is 2.28. The van der Waals surface area contributed by atoms with Gasteiger partial charge in [-0.25, -0.2) is 0 Å². The molecule has 1 aliphatic heterocycles. The topological polar surface area (TPSA) is 12.0 Å². The van der Waals surface area contributed by atoms with Crippen molar-refractivity contribution < 1.29 is 0 Å². The smallest absolute Gasteiger partial charge is 0.0406 e. The predicted molar refractivity (Wildman–Crippen MR) is 60.9 cm³/mol. The van der Waals surface area contributed by atoms with Crippen molar-refractivity contribution in [3.05, 3.63) is 34.9 Å². The lowest BCUT2D eigenvalue weighted by Gasteiger charge is -2.34. The minimum atomic E-state index is 0.294. The Hall–Kier alpha value is -0.530. The molecule has 1 atom stereocenters. The van der Waals surface area contributed by atoms with E-state index >= 15 is 0 Å². The van der Waals surface area contributed by atoms with E-state index in [1.54, 1.807) is 0 Å². The van der Waals surface area contributed by atoms with Crippen LogP contribution in [0.3, 0.4) is 0 Å². The van der Waals surface area contributed by atoms with E-state index in [0.29, 0.717) is 5.41 Å². The summed E-state index contributed by atoms with van der Waals surface area (Å²) in [4.78, 5) is 0. The highest BCUT2D eigenvalue weighted by molar-refractivity contribution is 6.30. The van der Waals surface area contributed by atoms with Gasteiger partial charge in [-0.05, 0) is 37.1 Å². The summed E-state index contributed by atoms with van der Waals surface area (Å²) in [7, 11) is 0. The van der Waals surface area contributed by atoms with Crippen LogP contribution in [0, 0.1) is 0 Å². The second kappa shape index (κ2) is 3.92. The quantitative estimate of drug-likeness (QED) is 0.750. The van der Waals surface area contributed by atoms with Gasteiger partial charge in [0, 0.05) is 17.0 Å². The fourth-order valence-electron chi connectivity index (χ4n) is 2.15. The van der Waals surface area contributed by atoms with E-state index in [0.717, 1.165) is 18.1 Å². The number of hydrogen-bond acceptors (Lipinski definition) is 1. The van der Waals surface area contributed by atoms with Crippen LogP contribution in [0.4, 0.5) is 0 Å². The van der Waals surface area contributed by atoms with Crippen molar-refractivity contribution in [3.8, 4) is 0 Å². The predicted octanol–water partition coefficient (Wildman–Crippen LogP) is 2.98. The van der Waals surface area contributed by atoms with Crippen LogP contribution < -0.4 is 5.32 Å². The molecule has 0 aromatic heterocycles. The molecular formula is C12H16ClN. The summed E-state index contributed by atoms with van der Waals surface area (Å²) < 4.78 is 0. The lowest BCUT2D eigenvalue weighted by atomic mass is 9.77. The number of nitrogens with one attached hydrogen (secondary N) is 1. The minimum absolute atomic E-state index is 0.294. The van der Waals surface area contributed by atoms with Gasteiger partial charge in [0.2, 0.25) is 0 Å². The summed E-state index contributed by atoms with van der Waals surface area (Å²) in [6, 6.07) is 8.26. The molecule has 1 N–H and O–H groups in total. The van der Waals surface area contributed by atoms with Gasteiger partial charge in [0.05, 0.1) is 0 Å². The van der Waals surface area contributed by atoms with Gasteiger partial charge in [0.1, 0.15) is 0 Å². The molecule has 2 heteroatoms. The van der Waals surface area contributed by atoms with Gasteiger partial charge >= 0.3 is 0 Å². The SMILES string of the molecule is CC1(c2ccc(Cl)cc2)CCCNC1. The molecule has 1 nitrogen and oxygen atoms in total. The van der Waals surface area contributed by atoms with Crippen LogP contribution in [-0.2, 0) is 5.41 Å². The summed E-state index contributed by atoms with van der Waals surface area (Å²) in [6.45, 7) is 4.56. The Kier molecular flexibility index (Phi) is 2.80. The number of piperidine rings is 1. The summed E-state index contributed by atoms with van der Waals surface area (Å²) in [6.07, 6.45) is 2.53. The first-order valence-corrected chi connectivity index (χ1v) is 5.55.